The minimum absolute atomic E-state index is 0.0505. The Hall–Kier alpha value is -4.13. The number of cyclic esters (lactones) is 1. The number of carbonyl (C=O) groups is 2. The van der Waals surface area contributed by atoms with E-state index in [1.165, 1.54) is 12.7 Å². The van der Waals surface area contributed by atoms with Gasteiger partial charge in [0.25, 0.3) is 5.91 Å². The molecule has 4 aliphatic heterocycles. The topological polar surface area (TPSA) is 109 Å². The van der Waals surface area contributed by atoms with E-state index in [0.717, 1.165) is 43.7 Å². The van der Waals surface area contributed by atoms with Crippen LogP contribution in [-0.2, 0) is 21.4 Å². The van der Waals surface area contributed by atoms with Crippen molar-refractivity contribution in [1.82, 2.24) is 14.1 Å². The van der Waals surface area contributed by atoms with E-state index >= 15 is 0 Å². The molecule has 3 aromatic rings. The van der Waals surface area contributed by atoms with Gasteiger partial charge >= 0.3 is 6.09 Å². The fourth-order valence-corrected chi connectivity index (χ4v) is 9.69. The van der Waals surface area contributed by atoms with Gasteiger partial charge in [-0.2, -0.15) is 0 Å². The standard InChI is InChI=1S/C40H50N4O7S/c1-49-38-28-35(12-13-36(38)39(45)42-23-16-33(17-24-42)44-37-11-6-5-10-32(37)29-50-40(44)46)51-34-18-25-43(26-19-34)52(47,48)27-7-20-41-21-14-31(15-22-41)30-8-3-2-4-9-30/h2-6,8-13,28,31,33-34H,7,14-27,29H2,1H3. The Morgan fingerprint density at radius 2 is 1.56 bits per heavy atom. The summed E-state index contributed by atoms with van der Waals surface area (Å²) < 4.78 is 45.4. The second kappa shape index (κ2) is 16.3. The van der Waals surface area contributed by atoms with Crippen molar-refractivity contribution in [3.8, 4) is 11.5 Å². The minimum atomic E-state index is -3.33. The maximum absolute atomic E-state index is 13.6. The van der Waals surface area contributed by atoms with Gasteiger partial charge in [-0.25, -0.2) is 17.5 Å². The van der Waals surface area contributed by atoms with Gasteiger partial charge in [0.05, 0.1) is 24.1 Å². The predicted octanol–water partition coefficient (Wildman–Crippen LogP) is 5.90. The van der Waals surface area contributed by atoms with E-state index in [-0.39, 0.29) is 36.5 Å². The molecular formula is C40H50N4O7S. The van der Waals surface area contributed by atoms with Crippen molar-refractivity contribution in [3.63, 3.8) is 0 Å². The SMILES string of the molecule is COc1cc(OC2CCN(S(=O)(=O)CCCN3CCC(c4ccccc4)CC3)CC2)ccc1C(=O)N1CCC(N2C(=O)OCc3ccccc32)CC1. The first-order valence-corrected chi connectivity index (χ1v) is 20.3. The molecule has 0 aromatic heterocycles. The number of carbonyl (C=O) groups excluding carboxylic acids is 2. The third-order valence-electron chi connectivity index (χ3n) is 11.2. The number of hydrogen-bond acceptors (Lipinski definition) is 8. The maximum atomic E-state index is 13.6. The Morgan fingerprint density at radius 1 is 0.846 bits per heavy atom. The number of benzene rings is 3. The first-order valence-electron chi connectivity index (χ1n) is 18.7. The van der Waals surface area contributed by atoms with Crippen molar-refractivity contribution in [2.75, 3.05) is 63.6 Å². The summed E-state index contributed by atoms with van der Waals surface area (Å²) in [5, 5.41) is 0. The molecule has 12 heteroatoms. The number of sulfonamides is 1. The van der Waals surface area contributed by atoms with E-state index in [2.05, 4.69) is 35.2 Å². The zero-order chi connectivity index (χ0) is 36.1. The van der Waals surface area contributed by atoms with Gasteiger partial charge in [-0.15, -0.1) is 0 Å². The van der Waals surface area contributed by atoms with E-state index in [9.17, 15) is 18.0 Å². The van der Waals surface area contributed by atoms with Gasteiger partial charge in [-0.05, 0) is 94.3 Å². The Bertz CT molecular complexity index is 1800. The van der Waals surface area contributed by atoms with E-state index in [1.54, 1.807) is 32.3 Å². The van der Waals surface area contributed by atoms with Crippen molar-refractivity contribution < 1.29 is 32.2 Å². The third kappa shape index (κ3) is 8.24. The number of methoxy groups -OCH3 is 1. The first kappa shape index (κ1) is 36.2. The van der Waals surface area contributed by atoms with Crippen LogP contribution in [0.1, 0.15) is 72.3 Å². The zero-order valence-corrected chi connectivity index (χ0v) is 30.8. The van der Waals surface area contributed by atoms with E-state index < -0.39 is 10.0 Å². The molecule has 3 aromatic carbocycles. The molecule has 278 valence electrons. The highest BCUT2D eigenvalue weighted by atomic mass is 32.2. The summed E-state index contributed by atoms with van der Waals surface area (Å²) >= 11 is 0. The number of amides is 2. The molecule has 3 saturated heterocycles. The number of nitrogens with zero attached hydrogens (tertiary/aromatic N) is 4. The molecule has 0 unspecified atom stereocenters. The van der Waals surface area contributed by atoms with Gasteiger partial charge in [0.2, 0.25) is 10.0 Å². The van der Waals surface area contributed by atoms with Gasteiger partial charge < -0.3 is 24.0 Å². The van der Waals surface area contributed by atoms with Crippen molar-refractivity contribution in [2.24, 2.45) is 0 Å². The lowest BCUT2D eigenvalue weighted by Crippen LogP contribution is -2.50. The molecule has 11 nitrogen and oxygen atoms in total. The lowest BCUT2D eigenvalue weighted by molar-refractivity contribution is 0.0705. The van der Waals surface area contributed by atoms with Gasteiger partial charge in [0.1, 0.15) is 24.2 Å². The highest BCUT2D eigenvalue weighted by molar-refractivity contribution is 7.89. The van der Waals surface area contributed by atoms with Crippen molar-refractivity contribution in [1.29, 1.82) is 0 Å². The highest BCUT2D eigenvalue weighted by Crippen LogP contribution is 2.34. The average molecular weight is 731 g/mol. The molecule has 4 aliphatic rings. The second-order valence-corrected chi connectivity index (χ2v) is 16.4. The monoisotopic (exact) mass is 730 g/mol. The molecule has 0 N–H and O–H groups in total. The van der Waals surface area contributed by atoms with E-state index in [1.807, 2.05) is 24.3 Å². The molecule has 0 atom stereocenters. The summed E-state index contributed by atoms with van der Waals surface area (Å²) in [5.74, 6) is 1.66. The number of fused-ring (bicyclic) bond motifs is 1. The molecular weight excluding hydrogens is 681 g/mol. The fraction of sp³-hybridized carbons (Fsp3) is 0.500. The molecule has 0 bridgehead atoms. The molecule has 2 amide bonds. The van der Waals surface area contributed by atoms with Crippen LogP contribution < -0.4 is 14.4 Å². The van der Waals surface area contributed by atoms with Gasteiger partial charge in [-0.3, -0.25) is 9.69 Å². The normalized spacial score (nSPS) is 20.0. The van der Waals surface area contributed by atoms with Crippen LogP contribution in [0.25, 0.3) is 0 Å². The van der Waals surface area contributed by atoms with Crippen molar-refractivity contribution >= 4 is 27.7 Å². The van der Waals surface area contributed by atoms with E-state index in [4.69, 9.17) is 14.2 Å². The summed E-state index contributed by atoms with van der Waals surface area (Å²) in [5.41, 5.74) is 3.73. The highest BCUT2D eigenvalue weighted by Gasteiger charge is 2.36. The second-order valence-electron chi connectivity index (χ2n) is 14.4. The molecule has 0 spiro atoms. The molecule has 52 heavy (non-hydrogen) atoms. The van der Waals surface area contributed by atoms with Gasteiger partial charge in [0.15, 0.2) is 0 Å². The van der Waals surface area contributed by atoms with Crippen molar-refractivity contribution in [2.45, 2.75) is 69.6 Å². The number of ether oxygens (including phenoxy) is 3. The molecule has 0 saturated carbocycles. The Labute approximate surface area is 307 Å². The Balaban J connectivity index is 0.855. The van der Waals surface area contributed by atoms with Crippen LogP contribution in [0.5, 0.6) is 11.5 Å². The molecule has 0 radical (unpaired) electrons. The van der Waals surface area contributed by atoms with Crippen LogP contribution in [0, 0.1) is 0 Å². The largest absolute Gasteiger partial charge is 0.496 e. The summed E-state index contributed by atoms with van der Waals surface area (Å²) in [7, 11) is -1.79. The average Bonchev–Trinajstić information content (AvgIpc) is 3.18. The Morgan fingerprint density at radius 3 is 2.29 bits per heavy atom. The van der Waals surface area contributed by atoms with Crippen LogP contribution in [0.4, 0.5) is 10.5 Å². The molecule has 3 fully saturated rings. The van der Waals surface area contributed by atoms with Crippen LogP contribution in [-0.4, -0.2) is 105 Å². The number of para-hydroxylation sites is 1. The number of likely N-dealkylation sites (tertiary alicyclic amines) is 2. The number of anilines is 1. The van der Waals surface area contributed by atoms with E-state index in [0.29, 0.717) is 81.3 Å². The number of rotatable bonds is 11. The summed E-state index contributed by atoms with van der Waals surface area (Å²) in [6, 6.07) is 23.7. The van der Waals surface area contributed by atoms with Crippen molar-refractivity contribution in [3.05, 3.63) is 89.5 Å². The maximum Gasteiger partial charge on any atom is 0.414 e. The zero-order valence-electron chi connectivity index (χ0n) is 30.0. The quantitative estimate of drug-likeness (QED) is 0.240. The predicted molar refractivity (Wildman–Crippen MR) is 200 cm³/mol. The number of piperidine rings is 3. The first-order chi connectivity index (χ1) is 25.3. The summed E-state index contributed by atoms with van der Waals surface area (Å²) in [4.78, 5) is 32.3. The van der Waals surface area contributed by atoms with Crippen LogP contribution in [0.2, 0.25) is 0 Å². The minimum Gasteiger partial charge on any atom is -0.496 e. The van der Waals surface area contributed by atoms with Crippen LogP contribution in [0.15, 0.2) is 72.8 Å². The van der Waals surface area contributed by atoms with Crippen LogP contribution >= 0.6 is 0 Å². The lowest BCUT2D eigenvalue weighted by Gasteiger charge is -2.40. The smallest absolute Gasteiger partial charge is 0.414 e. The molecule has 7 rings (SSSR count). The van der Waals surface area contributed by atoms with Gasteiger partial charge in [0, 0.05) is 43.9 Å². The number of hydrogen-bond donors (Lipinski definition) is 0. The van der Waals surface area contributed by atoms with Crippen LogP contribution in [0.3, 0.4) is 0 Å². The molecule has 0 aliphatic carbocycles. The lowest BCUT2D eigenvalue weighted by atomic mass is 9.89. The fourth-order valence-electron chi connectivity index (χ4n) is 8.18. The van der Waals surface area contributed by atoms with Gasteiger partial charge in [-0.1, -0.05) is 48.5 Å². The Kier molecular flexibility index (Phi) is 11.3. The molecule has 4 heterocycles. The summed E-state index contributed by atoms with van der Waals surface area (Å²) in [6.07, 6.45) is 4.87. The third-order valence-corrected chi connectivity index (χ3v) is 13.1. The summed E-state index contributed by atoms with van der Waals surface area (Å²) in [6.45, 7) is 4.98.